The third kappa shape index (κ3) is 7.62. The van der Waals surface area contributed by atoms with E-state index in [1.54, 1.807) is 11.8 Å². The van der Waals surface area contributed by atoms with Crippen LogP contribution in [-0.4, -0.2) is 9.55 Å². The summed E-state index contributed by atoms with van der Waals surface area (Å²) in [6.07, 6.45) is 1.94. The largest absolute Gasteiger partial charge is 0.498 e. The molecule has 0 N–H and O–H groups in total. The van der Waals surface area contributed by atoms with Crippen LogP contribution in [0.1, 0.15) is 31.9 Å². The molecule has 1 aliphatic heterocycles. The molecule has 0 atom stereocenters. The maximum absolute atomic E-state index is 4.96. The molecule has 9 aromatic rings. The minimum Gasteiger partial charge on any atom is -0.498 e. The molecule has 0 aliphatic carbocycles. The Balaban J connectivity index is 0.00000449. The quantitative estimate of drug-likeness (QED) is 0.142. The average molecular weight is 961 g/mol. The average Bonchev–Trinajstić information content (AvgIpc) is 3.79. The summed E-state index contributed by atoms with van der Waals surface area (Å²) in [5.74, 6) is 0.890. The number of rotatable bonds is 8. The van der Waals surface area contributed by atoms with Crippen LogP contribution in [0.2, 0.25) is 0 Å². The van der Waals surface area contributed by atoms with Crippen LogP contribution in [0.4, 0.5) is 17.1 Å². The van der Waals surface area contributed by atoms with Crippen molar-refractivity contribution in [2.24, 2.45) is 0 Å². The van der Waals surface area contributed by atoms with Crippen LogP contribution >= 0.6 is 11.8 Å². The van der Waals surface area contributed by atoms with Crippen molar-refractivity contribution in [3.63, 3.8) is 0 Å². The van der Waals surface area contributed by atoms with Crippen LogP contribution in [0, 0.1) is 18.8 Å². The summed E-state index contributed by atoms with van der Waals surface area (Å²) in [5.41, 5.74) is 12.5. The fourth-order valence-electron chi connectivity index (χ4n) is 7.94. The summed E-state index contributed by atoms with van der Waals surface area (Å²) >= 11 is 1.69. The van der Waals surface area contributed by atoms with Crippen LogP contribution in [0.15, 0.2) is 186 Å². The molecule has 0 saturated heterocycles. The number of hydrogen-bond acceptors (Lipinski definition) is 4. The van der Waals surface area contributed by atoms with Crippen molar-refractivity contribution in [2.45, 2.75) is 42.5 Å². The molecule has 0 unspecified atom stereocenters. The zero-order valence-electron chi connectivity index (χ0n) is 33.0. The Bertz CT molecular complexity index is 2920. The number of benzene rings is 7. The van der Waals surface area contributed by atoms with E-state index in [0.29, 0.717) is 0 Å². The van der Waals surface area contributed by atoms with Gasteiger partial charge in [-0.05, 0) is 69.0 Å². The normalized spacial score (nSPS) is 12.5. The van der Waals surface area contributed by atoms with E-state index in [9.17, 15) is 0 Å². The molecular weight excluding hydrogens is 920 g/mol. The number of pyridine rings is 1. The van der Waals surface area contributed by atoms with Gasteiger partial charge in [-0.2, -0.15) is 18.8 Å². The van der Waals surface area contributed by atoms with E-state index in [1.165, 1.54) is 33.3 Å². The molecule has 7 aromatic carbocycles. The first kappa shape index (κ1) is 38.6. The number of fused-ring (bicyclic) bond motifs is 4. The maximum Gasteiger partial charge on any atom is 0.135 e. The molecule has 0 radical (unpaired) electrons. The molecule has 0 bridgehead atoms. The summed E-state index contributed by atoms with van der Waals surface area (Å²) in [6.45, 7) is 9.74. The molecule has 10 rings (SSSR count). The number of anilines is 3. The van der Waals surface area contributed by atoms with Crippen LogP contribution in [0.5, 0.6) is 0 Å². The Morgan fingerprint density at radius 1 is 0.593 bits per heavy atom. The standard InChI is InChI=1S/C53H41N4S.Pt/c1-53(2,3)42-27-28-54-52(32-42)57-48-26-23-40(38-17-9-5-10-18-38)31-47(48)46-25-24-44(34-51(46)57)58-45-30-41(39-19-11-6-12-20-39)29-43(33-45)56-36-55(35-37-15-7-4-8-16-37)49-21-13-14-22-50(49)56;/h4-32,36H,35H2,1-3H3;/q-3;. The van der Waals surface area contributed by atoms with Crippen molar-refractivity contribution in [1.82, 2.24) is 9.55 Å². The van der Waals surface area contributed by atoms with Gasteiger partial charge in [0, 0.05) is 50.7 Å². The molecule has 0 saturated carbocycles. The fourth-order valence-corrected chi connectivity index (χ4v) is 8.80. The van der Waals surface area contributed by atoms with Gasteiger partial charge in [0.15, 0.2) is 0 Å². The Morgan fingerprint density at radius 2 is 1.27 bits per heavy atom. The van der Waals surface area contributed by atoms with Gasteiger partial charge in [0.25, 0.3) is 0 Å². The molecule has 1 aliphatic rings. The topological polar surface area (TPSA) is 24.3 Å². The first-order valence-corrected chi connectivity index (χ1v) is 20.5. The Kier molecular flexibility index (Phi) is 10.5. The molecule has 6 heteroatoms. The van der Waals surface area contributed by atoms with E-state index in [-0.39, 0.29) is 26.5 Å². The second-order valence-corrected chi connectivity index (χ2v) is 16.9. The fraction of sp³-hybridized carbons (Fsp3) is 0.0943. The molecule has 2 aromatic heterocycles. The Labute approximate surface area is 365 Å². The molecule has 0 amide bonds. The van der Waals surface area contributed by atoms with Gasteiger partial charge in [0.1, 0.15) is 5.82 Å². The Morgan fingerprint density at radius 3 is 2.00 bits per heavy atom. The SMILES string of the molecule is CC(C)(C)c1ccnc(-n2c3[c-]c(Sc4[c-]c(N5[CH-]N(Cc6ccccc6)c6ccccc65)cc(-c5ccccc5)c4)ccc3c3cc(-c4ccccc4)ccc32)c1.[Pt]. The van der Waals surface area contributed by atoms with Crippen LogP contribution in [0.3, 0.4) is 0 Å². The van der Waals surface area contributed by atoms with Gasteiger partial charge in [0.05, 0.1) is 0 Å². The summed E-state index contributed by atoms with van der Waals surface area (Å²) < 4.78 is 2.28. The Hall–Kier alpha value is -5.87. The van der Waals surface area contributed by atoms with Crippen molar-refractivity contribution in [1.29, 1.82) is 0 Å². The summed E-state index contributed by atoms with van der Waals surface area (Å²) in [7, 11) is 0. The number of para-hydroxylation sites is 2. The zero-order valence-corrected chi connectivity index (χ0v) is 36.1. The monoisotopic (exact) mass is 960 g/mol. The van der Waals surface area contributed by atoms with Crippen LogP contribution in [0.25, 0.3) is 49.9 Å². The molecule has 0 fully saturated rings. The second kappa shape index (κ2) is 16.1. The third-order valence-corrected chi connectivity index (χ3v) is 11.8. The minimum absolute atomic E-state index is 0. The van der Waals surface area contributed by atoms with Crippen molar-refractivity contribution >= 4 is 50.6 Å². The predicted molar refractivity (Wildman–Crippen MR) is 242 cm³/mol. The van der Waals surface area contributed by atoms with Gasteiger partial charge in [-0.1, -0.05) is 142 Å². The first-order valence-electron chi connectivity index (χ1n) is 19.7. The van der Waals surface area contributed by atoms with Crippen LogP contribution < -0.4 is 9.80 Å². The first-order chi connectivity index (χ1) is 28.4. The molecule has 292 valence electrons. The van der Waals surface area contributed by atoms with Gasteiger partial charge in [-0.25, -0.2) is 4.98 Å². The van der Waals surface area contributed by atoms with Crippen molar-refractivity contribution in [2.75, 3.05) is 9.80 Å². The molecular formula is C53H41N4PtS-3. The molecule has 59 heavy (non-hydrogen) atoms. The van der Waals surface area contributed by atoms with Crippen LogP contribution in [-0.2, 0) is 33.0 Å². The van der Waals surface area contributed by atoms with E-state index < -0.39 is 0 Å². The summed E-state index contributed by atoms with van der Waals surface area (Å²) in [5, 5.41) is 2.32. The van der Waals surface area contributed by atoms with E-state index in [4.69, 9.17) is 4.98 Å². The number of aromatic nitrogens is 2. The smallest absolute Gasteiger partial charge is 0.135 e. The maximum atomic E-state index is 4.96. The second-order valence-electron chi connectivity index (χ2n) is 15.8. The van der Waals surface area contributed by atoms with Gasteiger partial charge in [-0.3, -0.25) is 0 Å². The van der Waals surface area contributed by atoms with Crippen molar-refractivity contribution < 1.29 is 21.1 Å². The van der Waals surface area contributed by atoms with E-state index >= 15 is 0 Å². The summed E-state index contributed by atoms with van der Waals surface area (Å²) in [6, 6.07) is 68.3. The van der Waals surface area contributed by atoms with Crippen molar-refractivity contribution in [3.05, 3.63) is 206 Å². The number of hydrogen-bond donors (Lipinski definition) is 0. The summed E-state index contributed by atoms with van der Waals surface area (Å²) in [4.78, 5) is 11.6. The molecule has 0 spiro atoms. The van der Waals surface area contributed by atoms with Gasteiger partial charge in [0.2, 0.25) is 0 Å². The van der Waals surface area contributed by atoms with E-state index in [2.05, 4.69) is 224 Å². The van der Waals surface area contributed by atoms with Crippen molar-refractivity contribution in [3.8, 4) is 28.1 Å². The van der Waals surface area contributed by atoms with Gasteiger partial charge in [-0.15, -0.1) is 62.5 Å². The third-order valence-electron chi connectivity index (χ3n) is 10.9. The van der Waals surface area contributed by atoms with E-state index in [0.717, 1.165) is 61.1 Å². The molecule has 3 heterocycles. The van der Waals surface area contributed by atoms with E-state index in [1.807, 2.05) is 6.20 Å². The zero-order chi connectivity index (χ0) is 39.2. The van der Waals surface area contributed by atoms with Gasteiger partial charge >= 0.3 is 0 Å². The predicted octanol–water partition coefficient (Wildman–Crippen LogP) is 13.8. The molecule has 4 nitrogen and oxygen atoms in total. The number of nitrogens with zero attached hydrogens (tertiary/aromatic N) is 4. The van der Waals surface area contributed by atoms with Gasteiger partial charge < -0.3 is 14.4 Å². The minimum atomic E-state index is -0.0230.